The molecule has 30 heavy (non-hydrogen) atoms. The maximum Gasteiger partial charge on any atom is 0.344 e. The van der Waals surface area contributed by atoms with Crippen molar-refractivity contribution in [2.45, 2.75) is 19.0 Å². The van der Waals surface area contributed by atoms with Crippen molar-refractivity contribution in [3.05, 3.63) is 77.6 Å². The number of esters is 1. The third-order valence-corrected chi connectivity index (χ3v) is 4.97. The molecule has 1 N–H and O–H groups in total. The Morgan fingerprint density at radius 1 is 0.933 bits per heavy atom. The van der Waals surface area contributed by atoms with Crippen molar-refractivity contribution in [2.75, 3.05) is 11.6 Å². The summed E-state index contributed by atoms with van der Waals surface area (Å²) in [5.74, 6) is 0.775. The normalized spacial score (nSPS) is 10.8. The van der Waals surface area contributed by atoms with Gasteiger partial charge in [0.25, 0.3) is 0 Å². The number of pyridine rings is 1. The zero-order valence-electron chi connectivity index (χ0n) is 16.8. The van der Waals surface area contributed by atoms with Crippen LogP contribution in [0.4, 0.5) is 11.5 Å². The Balaban J connectivity index is 1.52. The van der Waals surface area contributed by atoms with Gasteiger partial charge in [-0.3, -0.25) is 4.98 Å². The van der Waals surface area contributed by atoms with E-state index < -0.39 is 5.97 Å². The summed E-state index contributed by atoms with van der Waals surface area (Å²) < 4.78 is 5.60. The molecule has 2 aromatic heterocycles. The van der Waals surface area contributed by atoms with Gasteiger partial charge in [-0.05, 0) is 56.5 Å². The van der Waals surface area contributed by atoms with E-state index in [9.17, 15) is 4.79 Å². The average molecular weight is 417 g/mol. The van der Waals surface area contributed by atoms with E-state index >= 15 is 0 Å². The number of aromatic nitrogens is 3. The molecule has 4 rings (SSSR count). The number of carbonyl (C=O) groups excluding carboxylic acids is 1. The fourth-order valence-electron chi connectivity index (χ4n) is 3.09. The molecule has 2 heterocycles. The highest BCUT2D eigenvalue weighted by molar-refractivity contribution is 7.98. The van der Waals surface area contributed by atoms with Crippen LogP contribution in [0.1, 0.15) is 21.7 Å². The van der Waals surface area contributed by atoms with E-state index in [4.69, 9.17) is 4.74 Å². The molecular formula is C23H20N4O2S. The number of hydrogen-bond acceptors (Lipinski definition) is 7. The quantitative estimate of drug-likeness (QED) is 0.204. The van der Waals surface area contributed by atoms with E-state index in [2.05, 4.69) is 20.3 Å². The number of nitrogens with zero attached hydrogens (tertiary/aromatic N) is 3. The van der Waals surface area contributed by atoms with Crippen LogP contribution in [0.5, 0.6) is 5.75 Å². The van der Waals surface area contributed by atoms with Crippen molar-refractivity contribution >= 4 is 40.1 Å². The van der Waals surface area contributed by atoms with Gasteiger partial charge in [-0.2, -0.15) is 0 Å². The van der Waals surface area contributed by atoms with E-state index in [0.29, 0.717) is 16.5 Å². The fraction of sp³-hybridized carbons (Fsp3) is 0.130. The first kappa shape index (κ1) is 19.8. The van der Waals surface area contributed by atoms with Crippen LogP contribution in [-0.2, 0) is 0 Å². The zero-order valence-corrected chi connectivity index (χ0v) is 17.7. The number of benzene rings is 2. The lowest BCUT2D eigenvalue weighted by Gasteiger charge is -2.10. The molecule has 0 bridgehead atoms. The molecule has 4 aromatic rings. The van der Waals surface area contributed by atoms with Crippen molar-refractivity contribution in [1.29, 1.82) is 0 Å². The predicted molar refractivity (Wildman–Crippen MR) is 120 cm³/mol. The van der Waals surface area contributed by atoms with Gasteiger partial charge in [0.05, 0.1) is 11.1 Å². The minimum atomic E-state index is -0.409. The van der Waals surface area contributed by atoms with E-state index in [0.717, 1.165) is 33.8 Å². The van der Waals surface area contributed by atoms with Crippen LogP contribution in [0.25, 0.3) is 10.9 Å². The maximum absolute atomic E-state index is 12.8. The van der Waals surface area contributed by atoms with E-state index in [-0.39, 0.29) is 0 Å². The van der Waals surface area contributed by atoms with Crippen LogP contribution in [0.3, 0.4) is 0 Å². The first-order valence-corrected chi connectivity index (χ1v) is 10.6. The highest BCUT2D eigenvalue weighted by atomic mass is 32.2. The SMILES string of the molecule is CSc1nc(C)cc(Nc2ccc(OC(=O)c3cc(C)nc4ccccc34)cc2)n1. The molecule has 6 nitrogen and oxygen atoms in total. The number of thioether (sulfide) groups is 1. The van der Waals surface area contributed by atoms with Crippen LogP contribution >= 0.6 is 11.8 Å². The Hall–Kier alpha value is -3.45. The molecule has 150 valence electrons. The molecule has 0 unspecified atom stereocenters. The van der Waals surface area contributed by atoms with Gasteiger partial charge >= 0.3 is 5.97 Å². The number of aryl methyl sites for hydroxylation is 2. The first-order chi connectivity index (χ1) is 14.5. The molecular weight excluding hydrogens is 396 g/mol. The van der Waals surface area contributed by atoms with Crippen LogP contribution in [0.15, 0.2) is 65.8 Å². The van der Waals surface area contributed by atoms with Gasteiger partial charge in [-0.25, -0.2) is 14.8 Å². The Bertz CT molecular complexity index is 1230. The number of para-hydroxylation sites is 1. The number of anilines is 2. The van der Waals surface area contributed by atoms with Gasteiger partial charge in [0, 0.05) is 28.5 Å². The number of nitrogens with one attached hydrogen (secondary N) is 1. The summed E-state index contributed by atoms with van der Waals surface area (Å²) in [7, 11) is 0. The molecule has 0 aliphatic heterocycles. The van der Waals surface area contributed by atoms with Gasteiger partial charge in [-0.15, -0.1) is 0 Å². The molecule has 7 heteroatoms. The summed E-state index contributed by atoms with van der Waals surface area (Å²) in [6.07, 6.45) is 1.94. The van der Waals surface area contributed by atoms with Crippen LogP contribution < -0.4 is 10.1 Å². The molecule has 0 atom stereocenters. The van der Waals surface area contributed by atoms with Crippen molar-refractivity contribution in [2.24, 2.45) is 0 Å². The van der Waals surface area contributed by atoms with Crippen LogP contribution in [0.2, 0.25) is 0 Å². The van der Waals surface area contributed by atoms with Crippen molar-refractivity contribution < 1.29 is 9.53 Å². The van der Waals surface area contributed by atoms with Crippen molar-refractivity contribution in [1.82, 2.24) is 15.0 Å². The molecule has 0 aliphatic carbocycles. The number of ether oxygens (including phenoxy) is 1. The van der Waals surface area contributed by atoms with Crippen molar-refractivity contribution in [3.63, 3.8) is 0 Å². The monoisotopic (exact) mass is 416 g/mol. The Labute approximate surface area is 178 Å². The summed E-state index contributed by atoms with van der Waals surface area (Å²) in [6.45, 7) is 3.79. The molecule has 0 aliphatic rings. The summed E-state index contributed by atoms with van der Waals surface area (Å²) in [6, 6.07) is 18.4. The lowest BCUT2D eigenvalue weighted by atomic mass is 10.1. The second-order valence-corrected chi connectivity index (χ2v) is 7.52. The van der Waals surface area contributed by atoms with Crippen LogP contribution in [-0.4, -0.2) is 27.2 Å². The third kappa shape index (κ3) is 4.41. The topological polar surface area (TPSA) is 77.0 Å². The standard InChI is InChI=1S/C23H20N4O2S/c1-14-12-19(18-6-4-5-7-20(18)24-14)22(28)29-17-10-8-16(9-11-17)26-21-13-15(2)25-23(27-21)30-3/h4-13H,1-3H3,(H,25,26,27). The van der Waals surface area contributed by atoms with Gasteiger partial charge in [0.1, 0.15) is 11.6 Å². The lowest BCUT2D eigenvalue weighted by Crippen LogP contribution is -2.10. The predicted octanol–water partition coefficient (Wildman–Crippen LogP) is 5.33. The molecule has 2 aromatic carbocycles. The van der Waals surface area contributed by atoms with E-state index in [1.807, 2.05) is 62.6 Å². The van der Waals surface area contributed by atoms with E-state index in [1.165, 1.54) is 11.8 Å². The molecule has 0 saturated heterocycles. The van der Waals surface area contributed by atoms with Gasteiger partial charge in [-0.1, -0.05) is 30.0 Å². The lowest BCUT2D eigenvalue weighted by molar-refractivity contribution is 0.0736. The van der Waals surface area contributed by atoms with Gasteiger partial charge in [0.15, 0.2) is 5.16 Å². The second kappa shape index (κ2) is 8.51. The molecule has 0 radical (unpaired) electrons. The fourth-order valence-corrected chi connectivity index (χ4v) is 3.51. The highest BCUT2D eigenvalue weighted by Gasteiger charge is 2.14. The summed E-state index contributed by atoms with van der Waals surface area (Å²) in [4.78, 5) is 26.0. The largest absolute Gasteiger partial charge is 0.423 e. The Morgan fingerprint density at radius 3 is 2.43 bits per heavy atom. The van der Waals surface area contributed by atoms with Crippen LogP contribution in [0, 0.1) is 13.8 Å². The molecule has 0 saturated carbocycles. The second-order valence-electron chi connectivity index (χ2n) is 6.75. The first-order valence-electron chi connectivity index (χ1n) is 9.37. The number of fused-ring (bicyclic) bond motifs is 1. The maximum atomic E-state index is 12.8. The third-order valence-electron chi connectivity index (χ3n) is 4.42. The zero-order chi connectivity index (χ0) is 21.1. The summed E-state index contributed by atoms with van der Waals surface area (Å²) in [5.41, 5.74) is 3.77. The number of hydrogen-bond donors (Lipinski definition) is 1. The smallest absolute Gasteiger partial charge is 0.344 e. The Kier molecular flexibility index (Phi) is 5.63. The number of rotatable bonds is 5. The number of carbonyl (C=O) groups is 1. The van der Waals surface area contributed by atoms with E-state index in [1.54, 1.807) is 18.2 Å². The van der Waals surface area contributed by atoms with Gasteiger partial charge in [0.2, 0.25) is 0 Å². The highest BCUT2D eigenvalue weighted by Crippen LogP contribution is 2.23. The Morgan fingerprint density at radius 2 is 1.67 bits per heavy atom. The molecule has 0 spiro atoms. The minimum absolute atomic E-state index is 0.409. The average Bonchev–Trinajstić information content (AvgIpc) is 2.74. The van der Waals surface area contributed by atoms with Gasteiger partial charge < -0.3 is 10.1 Å². The summed E-state index contributed by atoms with van der Waals surface area (Å²) in [5, 5.41) is 4.73. The van der Waals surface area contributed by atoms with Crippen molar-refractivity contribution in [3.8, 4) is 5.75 Å². The molecule has 0 amide bonds. The molecule has 0 fully saturated rings. The summed E-state index contributed by atoms with van der Waals surface area (Å²) >= 11 is 1.49. The minimum Gasteiger partial charge on any atom is -0.423 e.